The number of methoxy groups -OCH3 is 1. The fourth-order valence-corrected chi connectivity index (χ4v) is 1.85. The lowest BCUT2D eigenvalue weighted by molar-refractivity contribution is -0.143. The van der Waals surface area contributed by atoms with Crippen molar-refractivity contribution >= 4 is 5.97 Å². The van der Waals surface area contributed by atoms with E-state index in [9.17, 15) is 4.79 Å². The van der Waals surface area contributed by atoms with Gasteiger partial charge in [-0.2, -0.15) is 0 Å². The van der Waals surface area contributed by atoms with Crippen molar-refractivity contribution in [2.75, 3.05) is 20.8 Å². The van der Waals surface area contributed by atoms with Crippen molar-refractivity contribution < 1.29 is 19.0 Å². The summed E-state index contributed by atoms with van der Waals surface area (Å²) in [7, 11) is 3.46. The van der Waals surface area contributed by atoms with Crippen molar-refractivity contribution in [3.63, 3.8) is 0 Å². The van der Waals surface area contributed by atoms with Crippen LogP contribution >= 0.6 is 0 Å². The third kappa shape index (κ3) is 2.73. The molecule has 1 atom stereocenters. The van der Waals surface area contributed by atoms with Gasteiger partial charge in [0.1, 0.15) is 11.5 Å². The Balaban J connectivity index is 2.19. The summed E-state index contributed by atoms with van der Waals surface area (Å²) in [6, 6.07) is 5.58. The highest BCUT2D eigenvalue weighted by Crippen LogP contribution is 2.27. The fourth-order valence-electron chi connectivity index (χ4n) is 1.85. The number of nitrogens with one attached hydrogen (secondary N) is 1. The molecular formula is C13H17NO4. The van der Waals surface area contributed by atoms with Gasteiger partial charge in [-0.15, -0.1) is 0 Å². The van der Waals surface area contributed by atoms with Crippen molar-refractivity contribution in [3.8, 4) is 11.5 Å². The zero-order valence-electron chi connectivity index (χ0n) is 10.6. The van der Waals surface area contributed by atoms with Gasteiger partial charge in [0, 0.05) is 24.6 Å². The molecule has 1 aliphatic heterocycles. The van der Waals surface area contributed by atoms with Crippen LogP contribution in [0.1, 0.15) is 12.0 Å². The number of esters is 1. The Hall–Kier alpha value is -1.75. The van der Waals surface area contributed by atoms with Crippen LogP contribution in [0.5, 0.6) is 11.5 Å². The Kier molecular flexibility index (Phi) is 4.04. The molecule has 0 bridgehead atoms. The van der Waals surface area contributed by atoms with Crippen molar-refractivity contribution in [2.45, 2.75) is 19.1 Å². The van der Waals surface area contributed by atoms with Gasteiger partial charge in [0.25, 0.3) is 0 Å². The number of rotatable bonds is 5. The number of cyclic esters (lactones) is 1. The summed E-state index contributed by atoms with van der Waals surface area (Å²) in [6.45, 7) is 1.09. The first-order valence-electron chi connectivity index (χ1n) is 5.89. The minimum Gasteiger partial charge on any atom is -0.497 e. The number of hydrogen-bond acceptors (Lipinski definition) is 5. The number of ether oxygens (including phenoxy) is 3. The normalized spacial score (nSPS) is 18.6. The summed E-state index contributed by atoms with van der Waals surface area (Å²) in [4.78, 5) is 11.4. The highest BCUT2D eigenvalue weighted by Gasteiger charge is 2.29. The minimum atomic E-state index is -0.507. The second-order valence-electron chi connectivity index (χ2n) is 4.07. The third-order valence-corrected chi connectivity index (χ3v) is 2.80. The van der Waals surface area contributed by atoms with Gasteiger partial charge in [-0.3, -0.25) is 0 Å². The van der Waals surface area contributed by atoms with E-state index < -0.39 is 6.10 Å². The van der Waals surface area contributed by atoms with Crippen molar-refractivity contribution in [2.24, 2.45) is 0 Å². The summed E-state index contributed by atoms with van der Waals surface area (Å²) in [5, 5.41) is 3.06. The molecule has 98 valence electrons. The molecule has 1 N–H and O–H groups in total. The van der Waals surface area contributed by atoms with Crippen molar-refractivity contribution in [1.29, 1.82) is 0 Å². The molecule has 0 spiro atoms. The molecule has 18 heavy (non-hydrogen) atoms. The van der Waals surface area contributed by atoms with Gasteiger partial charge >= 0.3 is 5.97 Å². The molecule has 1 saturated heterocycles. The smallest absolute Gasteiger partial charge is 0.347 e. The third-order valence-electron chi connectivity index (χ3n) is 2.80. The second kappa shape index (κ2) is 5.73. The maximum Gasteiger partial charge on any atom is 0.347 e. The molecule has 1 aromatic rings. The predicted molar refractivity (Wildman–Crippen MR) is 65.7 cm³/mol. The lowest BCUT2D eigenvalue weighted by Gasteiger charge is -2.15. The lowest BCUT2D eigenvalue weighted by Crippen LogP contribution is -2.22. The highest BCUT2D eigenvalue weighted by atomic mass is 16.6. The van der Waals surface area contributed by atoms with Gasteiger partial charge in [0.15, 0.2) is 6.10 Å². The van der Waals surface area contributed by atoms with Crippen LogP contribution < -0.4 is 14.8 Å². The van der Waals surface area contributed by atoms with Crippen LogP contribution in [-0.2, 0) is 16.1 Å². The van der Waals surface area contributed by atoms with Crippen LogP contribution in [-0.4, -0.2) is 32.8 Å². The van der Waals surface area contributed by atoms with E-state index in [0.717, 1.165) is 5.56 Å². The predicted octanol–water partition coefficient (Wildman–Crippen LogP) is 1.11. The molecule has 0 aromatic heterocycles. The Morgan fingerprint density at radius 2 is 2.33 bits per heavy atom. The standard InChI is InChI=1S/C13H17NO4/c1-14-8-9-3-4-10(16-2)7-12(9)18-11-5-6-17-13(11)15/h3-4,7,11,14H,5-6,8H2,1-2H3. The summed E-state index contributed by atoms with van der Waals surface area (Å²) >= 11 is 0. The average molecular weight is 251 g/mol. The first-order chi connectivity index (χ1) is 8.74. The second-order valence-corrected chi connectivity index (χ2v) is 4.07. The maximum absolute atomic E-state index is 11.4. The molecule has 0 radical (unpaired) electrons. The zero-order chi connectivity index (χ0) is 13.0. The molecule has 5 heteroatoms. The molecule has 1 aliphatic rings. The van der Waals surface area contributed by atoms with Crippen LogP contribution in [0.4, 0.5) is 0 Å². The van der Waals surface area contributed by atoms with Gasteiger partial charge < -0.3 is 19.5 Å². The summed E-state index contributed by atoms with van der Waals surface area (Å²) in [5.41, 5.74) is 0.984. The highest BCUT2D eigenvalue weighted by molar-refractivity contribution is 5.76. The monoisotopic (exact) mass is 251 g/mol. The molecule has 1 fully saturated rings. The average Bonchev–Trinajstić information content (AvgIpc) is 2.77. The molecule has 0 amide bonds. The van der Waals surface area contributed by atoms with Crippen molar-refractivity contribution in [3.05, 3.63) is 23.8 Å². The summed E-state index contributed by atoms with van der Waals surface area (Å²) < 4.78 is 15.8. The zero-order valence-corrected chi connectivity index (χ0v) is 10.6. The van der Waals surface area contributed by atoms with E-state index in [-0.39, 0.29) is 5.97 Å². The van der Waals surface area contributed by atoms with Gasteiger partial charge in [-0.05, 0) is 13.1 Å². The SMILES string of the molecule is CNCc1ccc(OC)cc1OC1CCOC1=O. The Bertz CT molecular complexity index is 433. The Labute approximate surface area is 106 Å². The van der Waals surface area contributed by atoms with Gasteiger partial charge in [-0.1, -0.05) is 6.07 Å². The minimum absolute atomic E-state index is 0.298. The van der Waals surface area contributed by atoms with Gasteiger partial charge in [0.05, 0.1) is 13.7 Å². The van der Waals surface area contributed by atoms with Crippen LogP contribution in [0.2, 0.25) is 0 Å². The molecule has 0 aliphatic carbocycles. The summed E-state index contributed by atoms with van der Waals surface area (Å²) in [6.07, 6.45) is 0.0856. The summed E-state index contributed by atoms with van der Waals surface area (Å²) in [5.74, 6) is 1.07. The van der Waals surface area contributed by atoms with Gasteiger partial charge in [0.2, 0.25) is 0 Å². The molecule has 5 nitrogen and oxygen atoms in total. The molecule has 1 unspecified atom stereocenters. The molecule has 1 aromatic carbocycles. The fraction of sp³-hybridized carbons (Fsp3) is 0.462. The quantitative estimate of drug-likeness (QED) is 0.794. The van der Waals surface area contributed by atoms with E-state index in [0.29, 0.717) is 31.1 Å². The molecule has 1 heterocycles. The van der Waals surface area contributed by atoms with E-state index in [2.05, 4.69) is 5.32 Å². The molecule has 0 saturated carbocycles. The molecular weight excluding hydrogens is 234 g/mol. The van der Waals surface area contributed by atoms with Crippen molar-refractivity contribution in [1.82, 2.24) is 5.32 Å². The van der Waals surface area contributed by atoms with Gasteiger partial charge in [-0.25, -0.2) is 4.79 Å². The first kappa shape index (κ1) is 12.7. The lowest BCUT2D eigenvalue weighted by atomic mass is 10.2. The number of benzene rings is 1. The number of carbonyl (C=O) groups is 1. The topological polar surface area (TPSA) is 56.8 Å². The largest absolute Gasteiger partial charge is 0.497 e. The van der Waals surface area contributed by atoms with Crippen LogP contribution in [0.15, 0.2) is 18.2 Å². The van der Waals surface area contributed by atoms with Crippen LogP contribution in [0.3, 0.4) is 0 Å². The first-order valence-corrected chi connectivity index (χ1v) is 5.89. The van der Waals surface area contributed by atoms with E-state index in [1.807, 2.05) is 19.2 Å². The molecule has 2 rings (SSSR count). The van der Waals surface area contributed by atoms with Crippen LogP contribution in [0, 0.1) is 0 Å². The van der Waals surface area contributed by atoms with E-state index in [1.165, 1.54) is 0 Å². The van der Waals surface area contributed by atoms with E-state index >= 15 is 0 Å². The van der Waals surface area contributed by atoms with Crippen LogP contribution in [0.25, 0.3) is 0 Å². The van der Waals surface area contributed by atoms with E-state index in [1.54, 1.807) is 13.2 Å². The number of hydrogen-bond donors (Lipinski definition) is 1. The Morgan fingerprint density at radius 3 is 2.94 bits per heavy atom. The maximum atomic E-state index is 11.4. The Morgan fingerprint density at radius 1 is 1.50 bits per heavy atom. The van der Waals surface area contributed by atoms with E-state index in [4.69, 9.17) is 14.2 Å². The number of carbonyl (C=O) groups excluding carboxylic acids is 1.